The van der Waals surface area contributed by atoms with Crippen molar-refractivity contribution in [2.45, 2.75) is 37.8 Å². The zero-order valence-electron chi connectivity index (χ0n) is 17.9. The van der Waals surface area contributed by atoms with Crippen molar-refractivity contribution in [1.82, 2.24) is 9.62 Å². The van der Waals surface area contributed by atoms with E-state index in [1.807, 2.05) is 6.07 Å². The maximum atomic E-state index is 12.7. The molecule has 0 unspecified atom stereocenters. The average molecular weight is 489 g/mol. The number of carbonyl (C=O) groups excluding carboxylic acids is 2. The summed E-state index contributed by atoms with van der Waals surface area (Å²) in [5, 5.41) is 0. The molecule has 1 aromatic heterocycles. The number of carbonyl (C=O) groups is 2. The number of esters is 1. The Kier molecular flexibility index (Phi) is 8.09. The molecule has 0 saturated heterocycles. The van der Waals surface area contributed by atoms with E-state index in [-0.39, 0.29) is 16.2 Å². The van der Waals surface area contributed by atoms with Crippen LogP contribution in [-0.2, 0) is 26.1 Å². The Morgan fingerprint density at radius 3 is 2.42 bits per heavy atom. The minimum Gasteiger partial charge on any atom is -0.495 e. The zero-order chi connectivity index (χ0) is 23.4. The molecule has 2 rings (SSSR count). The number of methoxy groups -OCH3 is 1. The number of likely N-dealkylation sites (N-methyl/N-ethyl adjacent to an activating group) is 1. The molecule has 1 heterocycles. The lowest BCUT2D eigenvalue weighted by atomic mass is 10.1. The first-order valence-electron chi connectivity index (χ1n) is 9.20. The Bertz CT molecular complexity index is 1060. The van der Waals surface area contributed by atoms with E-state index in [0.717, 1.165) is 10.9 Å². The van der Waals surface area contributed by atoms with Gasteiger partial charge in [-0.25, -0.2) is 17.9 Å². The predicted molar refractivity (Wildman–Crippen MR) is 119 cm³/mol. The number of nitrogens with one attached hydrogen (secondary N) is 1. The van der Waals surface area contributed by atoms with Gasteiger partial charge >= 0.3 is 5.97 Å². The van der Waals surface area contributed by atoms with Crippen molar-refractivity contribution in [3.8, 4) is 5.75 Å². The summed E-state index contributed by atoms with van der Waals surface area (Å²) in [6.07, 6.45) is 0. The molecule has 0 aliphatic heterocycles. The van der Waals surface area contributed by atoms with Gasteiger partial charge in [-0.2, -0.15) is 0 Å². The summed E-state index contributed by atoms with van der Waals surface area (Å²) in [4.78, 5) is 26.8. The Labute approximate surface area is 191 Å². The van der Waals surface area contributed by atoms with Crippen LogP contribution >= 0.6 is 22.9 Å². The lowest BCUT2D eigenvalue weighted by Crippen LogP contribution is -2.40. The third-order valence-corrected chi connectivity index (χ3v) is 6.90. The number of thiophene rings is 1. The number of rotatable bonds is 8. The molecule has 0 saturated carbocycles. The molecule has 11 heteroatoms. The summed E-state index contributed by atoms with van der Waals surface area (Å²) < 4.78 is 38.8. The van der Waals surface area contributed by atoms with Crippen LogP contribution in [0, 0.1) is 0 Å². The molecule has 0 atom stereocenters. The highest BCUT2D eigenvalue weighted by molar-refractivity contribution is 7.89. The number of hydrogen-bond acceptors (Lipinski definition) is 7. The van der Waals surface area contributed by atoms with Gasteiger partial charge in [0.15, 0.2) is 6.61 Å². The first kappa shape index (κ1) is 25.1. The maximum Gasteiger partial charge on any atom is 0.338 e. The van der Waals surface area contributed by atoms with Crippen molar-refractivity contribution in [3.63, 3.8) is 0 Å². The summed E-state index contributed by atoms with van der Waals surface area (Å²) in [6.45, 7) is 4.93. The summed E-state index contributed by atoms with van der Waals surface area (Å²) in [7, 11) is -1.05. The molecule has 0 bridgehead atoms. The van der Waals surface area contributed by atoms with E-state index in [1.165, 1.54) is 35.5 Å². The van der Waals surface area contributed by atoms with Crippen molar-refractivity contribution in [3.05, 3.63) is 45.1 Å². The molecule has 1 amide bonds. The number of sulfonamides is 1. The standard InChI is InChI=1S/C20H25ClN2O6S2/c1-20(2,3)22-31(26,27)16-10-13(6-8-15(16)28-5)19(25)29-12-18(24)23(4)11-14-7-9-17(21)30-14/h6-10,22H,11-12H2,1-5H3. The Balaban J connectivity index is 2.10. The van der Waals surface area contributed by atoms with Gasteiger partial charge in [0.25, 0.3) is 5.91 Å². The van der Waals surface area contributed by atoms with Crippen molar-refractivity contribution < 1.29 is 27.5 Å². The summed E-state index contributed by atoms with van der Waals surface area (Å²) in [6, 6.07) is 7.45. The van der Waals surface area contributed by atoms with Gasteiger partial charge in [-0.05, 0) is 51.1 Å². The van der Waals surface area contributed by atoms with E-state index in [0.29, 0.717) is 10.9 Å². The second-order valence-corrected chi connectivity index (χ2v) is 11.2. The minimum atomic E-state index is -3.96. The van der Waals surface area contributed by atoms with Gasteiger partial charge in [-0.3, -0.25) is 4.79 Å². The third-order valence-electron chi connectivity index (χ3n) is 3.90. The van der Waals surface area contributed by atoms with E-state index < -0.39 is 34.0 Å². The van der Waals surface area contributed by atoms with Gasteiger partial charge in [0.1, 0.15) is 10.6 Å². The van der Waals surface area contributed by atoms with E-state index in [2.05, 4.69) is 4.72 Å². The quantitative estimate of drug-likeness (QED) is 0.572. The van der Waals surface area contributed by atoms with Crippen LogP contribution < -0.4 is 9.46 Å². The maximum absolute atomic E-state index is 12.7. The lowest BCUT2D eigenvalue weighted by molar-refractivity contribution is -0.133. The number of amides is 1. The molecule has 1 aromatic carbocycles. The summed E-state index contributed by atoms with van der Waals surface area (Å²) in [5.74, 6) is -1.15. The summed E-state index contributed by atoms with van der Waals surface area (Å²) >= 11 is 7.24. The van der Waals surface area contributed by atoms with Crippen molar-refractivity contribution in [2.24, 2.45) is 0 Å². The molecule has 0 aliphatic rings. The van der Waals surface area contributed by atoms with E-state index in [4.69, 9.17) is 21.1 Å². The fourth-order valence-electron chi connectivity index (χ4n) is 2.55. The molecule has 31 heavy (non-hydrogen) atoms. The Morgan fingerprint density at radius 2 is 1.87 bits per heavy atom. The first-order valence-corrected chi connectivity index (χ1v) is 11.9. The summed E-state index contributed by atoms with van der Waals surface area (Å²) in [5.41, 5.74) is -0.750. The van der Waals surface area contributed by atoms with Crippen LogP contribution in [0.5, 0.6) is 5.75 Å². The van der Waals surface area contributed by atoms with Crippen molar-refractivity contribution in [1.29, 1.82) is 0 Å². The molecule has 1 N–H and O–H groups in total. The SMILES string of the molecule is COc1ccc(C(=O)OCC(=O)N(C)Cc2ccc(Cl)s2)cc1S(=O)(=O)NC(C)(C)C. The number of nitrogens with zero attached hydrogens (tertiary/aromatic N) is 1. The van der Waals surface area contributed by atoms with Crippen LogP contribution in [0.1, 0.15) is 36.0 Å². The molecular weight excluding hydrogens is 464 g/mol. The van der Waals surface area contributed by atoms with Gasteiger partial charge in [-0.15, -0.1) is 11.3 Å². The Morgan fingerprint density at radius 1 is 1.19 bits per heavy atom. The second-order valence-electron chi connectivity index (χ2n) is 7.75. The smallest absolute Gasteiger partial charge is 0.338 e. The van der Waals surface area contributed by atoms with Crippen molar-refractivity contribution >= 4 is 44.8 Å². The van der Waals surface area contributed by atoms with Gasteiger partial charge in [0, 0.05) is 17.5 Å². The van der Waals surface area contributed by atoms with E-state index in [1.54, 1.807) is 33.9 Å². The average Bonchev–Trinajstić information content (AvgIpc) is 3.07. The molecule has 170 valence electrons. The van der Waals surface area contributed by atoms with Gasteiger partial charge in [0.2, 0.25) is 10.0 Å². The van der Waals surface area contributed by atoms with Gasteiger partial charge in [0.05, 0.1) is 23.6 Å². The zero-order valence-corrected chi connectivity index (χ0v) is 20.3. The van der Waals surface area contributed by atoms with Crippen molar-refractivity contribution in [2.75, 3.05) is 20.8 Å². The van der Waals surface area contributed by atoms with E-state index >= 15 is 0 Å². The number of ether oxygens (including phenoxy) is 2. The fraction of sp³-hybridized carbons (Fsp3) is 0.400. The van der Waals surface area contributed by atoms with Crippen LogP contribution in [0.15, 0.2) is 35.2 Å². The van der Waals surface area contributed by atoms with Crippen LogP contribution in [-0.4, -0.2) is 51.5 Å². The lowest BCUT2D eigenvalue weighted by Gasteiger charge is -2.21. The number of hydrogen-bond donors (Lipinski definition) is 1. The highest BCUT2D eigenvalue weighted by Crippen LogP contribution is 2.26. The molecule has 0 radical (unpaired) electrons. The molecule has 2 aromatic rings. The predicted octanol–water partition coefficient (Wildman–Crippen LogP) is 3.30. The molecule has 0 fully saturated rings. The topological polar surface area (TPSA) is 102 Å². The van der Waals surface area contributed by atoms with Crippen LogP contribution in [0.4, 0.5) is 0 Å². The molecule has 8 nitrogen and oxygen atoms in total. The highest BCUT2D eigenvalue weighted by atomic mass is 35.5. The third kappa shape index (κ3) is 7.20. The van der Waals surface area contributed by atoms with E-state index in [9.17, 15) is 18.0 Å². The Hall–Kier alpha value is -2.14. The molecular formula is C20H25ClN2O6S2. The largest absolute Gasteiger partial charge is 0.495 e. The van der Waals surface area contributed by atoms with Crippen LogP contribution in [0.2, 0.25) is 4.34 Å². The number of benzene rings is 1. The molecule has 0 spiro atoms. The molecule has 0 aliphatic carbocycles. The second kappa shape index (κ2) is 9.99. The monoisotopic (exact) mass is 488 g/mol. The fourth-order valence-corrected chi connectivity index (χ4v) is 5.31. The normalized spacial score (nSPS) is 11.8. The number of halogens is 1. The highest BCUT2D eigenvalue weighted by Gasteiger charge is 2.27. The van der Waals surface area contributed by atoms with Crippen LogP contribution in [0.3, 0.4) is 0 Å². The van der Waals surface area contributed by atoms with Gasteiger partial charge in [-0.1, -0.05) is 11.6 Å². The minimum absolute atomic E-state index is 0.0180. The van der Waals surface area contributed by atoms with Crippen LogP contribution in [0.25, 0.3) is 0 Å². The van der Waals surface area contributed by atoms with Gasteiger partial charge < -0.3 is 14.4 Å². The first-order chi connectivity index (χ1) is 14.3.